The van der Waals surface area contributed by atoms with Gasteiger partial charge in [0.15, 0.2) is 12.2 Å². The van der Waals surface area contributed by atoms with Gasteiger partial charge in [-0.1, -0.05) is 23.7 Å². The molecule has 4 aromatic rings. The average Bonchev–Trinajstić information content (AvgIpc) is 3.13. The number of hydrogen-bond acceptors (Lipinski definition) is 4. The number of ether oxygens (including phenoxy) is 1. The number of halogens is 1. The van der Waals surface area contributed by atoms with Crippen molar-refractivity contribution < 1.29 is 13.9 Å². The first kappa shape index (κ1) is 20.0. The summed E-state index contributed by atoms with van der Waals surface area (Å²) < 4.78 is 11.5. The van der Waals surface area contributed by atoms with Crippen LogP contribution in [-0.2, 0) is 4.79 Å². The summed E-state index contributed by atoms with van der Waals surface area (Å²) >= 11 is 6.36. The molecule has 1 amide bonds. The maximum absolute atomic E-state index is 12.3. The quantitative estimate of drug-likeness (QED) is 0.424. The summed E-state index contributed by atoms with van der Waals surface area (Å²) in [4.78, 5) is 16.8. The second-order valence-corrected chi connectivity index (χ2v) is 7.67. The van der Waals surface area contributed by atoms with E-state index in [9.17, 15) is 4.79 Å². The lowest BCUT2D eigenvalue weighted by Crippen LogP contribution is -2.20. The Morgan fingerprint density at radius 2 is 1.87 bits per heavy atom. The smallest absolute Gasteiger partial charge is 0.262 e. The molecule has 0 spiro atoms. The lowest BCUT2D eigenvalue weighted by atomic mass is 10.1. The van der Waals surface area contributed by atoms with Gasteiger partial charge in [0, 0.05) is 5.69 Å². The number of hydrogen-bond donors (Lipinski definition) is 1. The molecule has 1 N–H and O–H groups in total. The Labute approximate surface area is 179 Å². The average molecular weight is 421 g/mol. The van der Waals surface area contributed by atoms with Crippen LogP contribution < -0.4 is 10.1 Å². The number of aryl methyl sites for hydroxylation is 3. The minimum atomic E-state index is -0.269. The molecule has 0 radical (unpaired) electrons. The zero-order valence-corrected chi connectivity index (χ0v) is 17.7. The van der Waals surface area contributed by atoms with Crippen molar-refractivity contribution in [2.24, 2.45) is 0 Å². The molecule has 3 aromatic carbocycles. The third-order valence-corrected chi connectivity index (χ3v) is 5.20. The van der Waals surface area contributed by atoms with Crippen LogP contribution >= 0.6 is 11.6 Å². The number of fused-ring (bicyclic) bond motifs is 1. The molecule has 0 fully saturated rings. The predicted octanol–water partition coefficient (Wildman–Crippen LogP) is 6.09. The van der Waals surface area contributed by atoms with Gasteiger partial charge in [-0.05, 0) is 79.9 Å². The van der Waals surface area contributed by atoms with Gasteiger partial charge in [0.25, 0.3) is 5.91 Å². The van der Waals surface area contributed by atoms with E-state index in [2.05, 4.69) is 10.3 Å². The molecule has 152 valence electrons. The number of nitrogens with zero attached hydrogens (tertiary/aromatic N) is 1. The molecule has 0 bridgehead atoms. The highest BCUT2D eigenvalue weighted by Gasteiger charge is 2.14. The van der Waals surface area contributed by atoms with Crippen molar-refractivity contribution in [3.05, 3.63) is 76.3 Å². The van der Waals surface area contributed by atoms with Gasteiger partial charge < -0.3 is 14.5 Å². The van der Waals surface area contributed by atoms with Crippen molar-refractivity contribution in [3.8, 4) is 17.2 Å². The highest BCUT2D eigenvalue weighted by molar-refractivity contribution is 6.33. The Bertz CT molecular complexity index is 1250. The van der Waals surface area contributed by atoms with Gasteiger partial charge in [0.1, 0.15) is 11.3 Å². The van der Waals surface area contributed by atoms with E-state index in [0.717, 1.165) is 16.6 Å². The van der Waals surface area contributed by atoms with Crippen LogP contribution in [0, 0.1) is 20.8 Å². The molecule has 0 atom stereocenters. The number of benzene rings is 3. The maximum atomic E-state index is 12.3. The number of amides is 1. The van der Waals surface area contributed by atoms with Crippen LogP contribution in [0.1, 0.15) is 16.7 Å². The van der Waals surface area contributed by atoms with Gasteiger partial charge in [-0.2, -0.15) is 0 Å². The van der Waals surface area contributed by atoms with E-state index in [0.29, 0.717) is 33.5 Å². The fraction of sp³-hybridized carbons (Fsp3) is 0.167. The van der Waals surface area contributed by atoms with Crippen molar-refractivity contribution in [1.82, 2.24) is 4.98 Å². The second-order valence-electron chi connectivity index (χ2n) is 7.27. The van der Waals surface area contributed by atoms with E-state index in [1.54, 1.807) is 18.2 Å². The molecule has 1 aromatic heterocycles. The van der Waals surface area contributed by atoms with Crippen molar-refractivity contribution in [2.75, 3.05) is 11.9 Å². The Morgan fingerprint density at radius 1 is 1.03 bits per heavy atom. The van der Waals surface area contributed by atoms with Gasteiger partial charge >= 0.3 is 0 Å². The topological polar surface area (TPSA) is 64.4 Å². The number of nitrogens with one attached hydrogen (secondary N) is 1. The van der Waals surface area contributed by atoms with E-state index in [-0.39, 0.29) is 12.5 Å². The summed E-state index contributed by atoms with van der Waals surface area (Å²) in [5.41, 5.74) is 6.01. The molecule has 0 aliphatic rings. The maximum Gasteiger partial charge on any atom is 0.262 e. The van der Waals surface area contributed by atoms with Crippen molar-refractivity contribution in [3.63, 3.8) is 0 Å². The first-order valence-corrected chi connectivity index (χ1v) is 9.94. The van der Waals surface area contributed by atoms with Crippen LogP contribution in [0.4, 0.5) is 5.69 Å². The molecular formula is C24H21ClN2O3. The molecule has 0 aliphatic carbocycles. The van der Waals surface area contributed by atoms with E-state index >= 15 is 0 Å². The first-order valence-electron chi connectivity index (χ1n) is 9.56. The molecule has 1 heterocycles. The van der Waals surface area contributed by atoms with Crippen LogP contribution in [0.15, 0.2) is 59.0 Å². The third kappa shape index (κ3) is 4.31. The summed E-state index contributed by atoms with van der Waals surface area (Å²) in [5.74, 6) is 0.796. The lowest BCUT2D eigenvalue weighted by Gasteiger charge is -2.10. The fourth-order valence-corrected chi connectivity index (χ4v) is 3.26. The van der Waals surface area contributed by atoms with Crippen molar-refractivity contribution in [1.29, 1.82) is 0 Å². The zero-order chi connectivity index (χ0) is 21.3. The normalized spacial score (nSPS) is 10.9. The molecule has 30 heavy (non-hydrogen) atoms. The molecular weight excluding hydrogens is 400 g/mol. The Kier molecular flexibility index (Phi) is 5.46. The molecule has 0 aliphatic heterocycles. The SMILES string of the molecule is Cc1ccc2nc(-c3cc(NC(=O)COc4ccc(C)c(C)c4)ccc3Cl)oc2c1. The number of rotatable bonds is 5. The van der Waals surface area contributed by atoms with E-state index in [1.807, 2.05) is 57.2 Å². The van der Waals surface area contributed by atoms with Crippen LogP contribution in [0.25, 0.3) is 22.6 Å². The minimum absolute atomic E-state index is 0.0946. The Hall–Kier alpha value is -3.31. The van der Waals surface area contributed by atoms with Crippen molar-refractivity contribution in [2.45, 2.75) is 20.8 Å². The molecule has 0 saturated heterocycles. The second kappa shape index (κ2) is 8.20. The Morgan fingerprint density at radius 3 is 2.67 bits per heavy atom. The van der Waals surface area contributed by atoms with Gasteiger partial charge in [0.2, 0.25) is 5.89 Å². The highest BCUT2D eigenvalue weighted by Crippen LogP contribution is 2.32. The summed E-state index contributed by atoms with van der Waals surface area (Å²) in [5, 5.41) is 3.31. The first-order chi connectivity index (χ1) is 14.4. The number of oxazole rings is 1. The standard InChI is InChI=1S/C24H21ClN2O3/c1-14-4-9-21-22(10-14)30-24(27-21)19-12-17(6-8-20(19)25)26-23(28)13-29-18-7-5-15(2)16(3)11-18/h4-12H,13H2,1-3H3,(H,26,28). The molecule has 0 saturated carbocycles. The summed E-state index contributed by atoms with van der Waals surface area (Å²) in [7, 11) is 0. The third-order valence-electron chi connectivity index (χ3n) is 4.87. The number of carbonyl (C=O) groups excluding carboxylic acids is 1. The molecule has 4 rings (SSSR count). The monoisotopic (exact) mass is 420 g/mol. The molecule has 6 heteroatoms. The lowest BCUT2D eigenvalue weighted by molar-refractivity contribution is -0.118. The largest absolute Gasteiger partial charge is 0.484 e. The van der Waals surface area contributed by atoms with Crippen LogP contribution in [-0.4, -0.2) is 17.5 Å². The summed E-state index contributed by atoms with van der Waals surface area (Å²) in [6, 6.07) is 16.7. The molecule has 0 unspecified atom stereocenters. The minimum Gasteiger partial charge on any atom is -0.484 e. The van der Waals surface area contributed by atoms with Crippen molar-refractivity contribution >= 4 is 34.3 Å². The van der Waals surface area contributed by atoms with Gasteiger partial charge in [0.05, 0.1) is 10.6 Å². The number of aromatic nitrogens is 1. The van der Waals surface area contributed by atoms with E-state index < -0.39 is 0 Å². The fourth-order valence-electron chi connectivity index (χ4n) is 3.06. The van der Waals surface area contributed by atoms with Gasteiger partial charge in [-0.3, -0.25) is 4.79 Å². The summed E-state index contributed by atoms with van der Waals surface area (Å²) in [6.45, 7) is 5.93. The van der Waals surface area contributed by atoms with Gasteiger partial charge in [-0.25, -0.2) is 4.98 Å². The van der Waals surface area contributed by atoms with Gasteiger partial charge in [-0.15, -0.1) is 0 Å². The Balaban J connectivity index is 1.49. The highest BCUT2D eigenvalue weighted by atomic mass is 35.5. The van der Waals surface area contributed by atoms with E-state index in [4.69, 9.17) is 20.8 Å². The predicted molar refractivity (Wildman–Crippen MR) is 119 cm³/mol. The van der Waals surface area contributed by atoms with Crippen LogP contribution in [0.2, 0.25) is 5.02 Å². The number of anilines is 1. The zero-order valence-electron chi connectivity index (χ0n) is 17.0. The van der Waals surface area contributed by atoms with Crippen LogP contribution in [0.3, 0.4) is 0 Å². The van der Waals surface area contributed by atoms with Crippen LogP contribution in [0.5, 0.6) is 5.75 Å². The van der Waals surface area contributed by atoms with E-state index in [1.165, 1.54) is 5.56 Å². The molecule has 5 nitrogen and oxygen atoms in total. The number of carbonyl (C=O) groups is 1. The summed E-state index contributed by atoms with van der Waals surface area (Å²) in [6.07, 6.45) is 0.